The third kappa shape index (κ3) is 12.7. The summed E-state index contributed by atoms with van der Waals surface area (Å²) in [5, 5.41) is 25.4. The first kappa shape index (κ1) is 35.7. The molecule has 2 aromatic heterocycles. The van der Waals surface area contributed by atoms with Gasteiger partial charge in [-0.05, 0) is 35.2 Å². The fourth-order valence-electron chi connectivity index (χ4n) is 4.26. The minimum atomic E-state index is -5.08. The number of halogens is 3. The number of H-pyrrole nitrogens is 1. The average Bonchev–Trinajstić information content (AvgIpc) is 3.56. The Morgan fingerprint density at radius 1 is 0.851 bits per heavy atom. The molecular formula is C32H33F3N6O6. The number of hydrogen-bond acceptors (Lipinski definition) is 7. The standard InChI is InChI=1S/C30H32N6O4.C2HF3O2/c37-28(10-6-16-33-27-9-4-5-15-32-27)35-26(17-24-19-31-20-34-24)30(40)36-25(18-29(38)39)23-13-11-22(12-14-23)21-7-2-1-3-8-21;3-2(4,5)1(6)7/h1-5,7-9,11-15,19-20,25-26H,6,10,16-18H2,(H,31,34)(H,32,33)(H,35,37)(H,36,40)(H,38,39);(H,6,7)/t25?,26-;/m0./s1. The molecule has 15 heteroatoms. The zero-order chi connectivity index (χ0) is 34.2. The number of carbonyl (C=O) groups is 4. The molecule has 0 fully saturated rings. The molecule has 4 rings (SSSR count). The van der Waals surface area contributed by atoms with Gasteiger partial charge in [0.1, 0.15) is 11.9 Å². The molecule has 0 aliphatic heterocycles. The lowest BCUT2D eigenvalue weighted by atomic mass is 9.98. The van der Waals surface area contributed by atoms with Gasteiger partial charge in [0.05, 0.1) is 24.5 Å². The summed E-state index contributed by atoms with van der Waals surface area (Å²) in [4.78, 5) is 57.9. The van der Waals surface area contributed by atoms with Crippen molar-refractivity contribution in [2.45, 2.75) is 43.9 Å². The van der Waals surface area contributed by atoms with Crippen LogP contribution in [0.2, 0.25) is 0 Å². The van der Waals surface area contributed by atoms with Gasteiger partial charge in [0.25, 0.3) is 0 Å². The number of aliphatic carboxylic acids is 2. The first-order valence-electron chi connectivity index (χ1n) is 14.3. The van der Waals surface area contributed by atoms with Crippen molar-refractivity contribution in [3.63, 3.8) is 0 Å². The van der Waals surface area contributed by atoms with Crippen LogP contribution in [0.1, 0.15) is 36.6 Å². The van der Waals surface area contributed by atoms with Gasteiger partial charge in [-0.25, -0.2) is 14.8 Å². The minimum absolute atomic E-state index is 0.153. The lowest BCUT2D eigenvalue weighted by molar-refractivity contribution is -0.192. The summed E-state index contributed by atoms with van der Waals surface area (Å²) >= 11 is 0. The molecule has 0 aliphatic carbocycles. The Hall–Kier alpha value is -5.73. The largest absolute Gasteiger partial charge is 0.490 e. The Morgan fingerprint density at radius 2 is 1.51 bits per heavy atom. The highest BCUT2D eigenvalue weighted by molar-refractivity contribution is 5.88. The highest BCUT2D eigenvalue weighted by Gasteiger charge is 2.38. The number of carboxylic acids is 2. The van der Waals surface area contributed by atoms with Crippen LogP contribution in [-0.2, 0) is 25.6 Å². The Morgan fingerprint density at radius 3 is 2.09 bits per heavy atom. The molecule has 2 atom stereocenters. The normalized spacial score (nSPS) is 12.1. The Bertz CT molecular complexity index is 1570. The molecule has 6 N–H and O–H groups in total. The second kappa shape index (κ2) is 17.7. The van der Waals surface area contributed by atoms with E-state index in [1.165, 1.54) is 6.33 Å². The molecule has 2 amide bonds. The van der Waals surface area contributed by atoms with Crippen LogP contribution in [0, 0.1) is 0 Å². The van der Waals surface area contributed by atoms with E-state index < -0.39 is 36.1 Å². The fraction of sp³-hybridized carbons (Fsp3) is 0.250. The van der Waals surface area contributed by atoms with Gasteiger partial charge in [-0.1, -0.05) is 60.7 Å². The topological polar surface area (TPSA) is 186 Å². The number of anilines is 1. The molecular weight excluding hydrogens is 621 g/mol. The first-order valence-corrected chi connectivity index (χ1v) is 14.3. The van der Waals surface area contributed by atoms with Gasteiger partial charge in [-0.2, -0.15) is 13.2 Å². The molecule has 12 nitrogen and oxygen atoms in total. The van der Waals surface area contributed by atoms with Gasteiger partial charge in [-0.3, -0.25) is 14.4 Å². The maximum atomic E-state index is 13.4. The number of pyridine rings is 1. The molecule has 0 saturated heterocycles. The molecule has 248 valence electrons. The number of aromatic nitrogens is 3. The molecule has 0 radical (unpaired) electrons. The number of amides is 2. The number of benzene rings is 2. The number of carbonyl (C=O) groups excluding carboxylic acids is 2. The minimum Gasteiger partial charge on any atom is -0.481 e. The van der Waals surface area contributed by atoms with Crippen LogP contribution in [0.15, 0.2) is 91.5 Å². The van der Waals surface area contributed by atoms with Crippen LogP contribution < -0.4 is 16.0 Å². The molecule has 4 aromatic rings. The maximum absolute atomic E-state index is 13.4. The third-order valence-corrected chi connectivity index (χ3v) is 6.53. The number of imidazole rings is 1. The summed E-state index contributed by atoms with van der Waals surface area (Å²) in [5.74, 6) is -3.86. The quantitative estimate of drug-likeness (QED) is 0.108. The van der Waals surface area contributed by atoms with Crippen molar-refractivity contribution in [1.29, 1.82) is 0 Å². The first-order chi connectivity index (χ1) is 22.4. The smallest absolute Gasteiger partial charge is 0.481 e. The predicted molar refractivity (Wildman–Crippen MR) is 165 cm³/mol. The number of alkyl halides is 3. The van der Waals surface area contributed by atoms with Gasteiger partial charge >= 0.3 is 18.1 Å². The number of rotatable bonds is 14. The van der Waals surface area contributed by atoms with Crippen LogP contribution in [0.5, 0.6) is 0 Å². The zero-order valence-corrected chi connectivity index (χ0v) is 24.9. The molecule has 0 bridgehead atoms. The van der Waals surface area contributed by atoms with Crippen molar-refractivity contribution in [1.82, 2.24) is 25.6 Å². The maximum Gasteiger partial charge on any atom is 0.490 e. The summed E-state index contributed by atoms with van der Waals surface area (Å²) < 4.78 is 31.7. The second-order valence-corrected chi connectivity index (χ2v) is 10.1. The van der Waals surface area contributed by atoms with Crippen molar-refractivity contribution in [3.8, 4) is 11.1 Å². The van der Waals surface area contributed by atoms with Crippen LogP contribution in [0.3, 0.4) is 0 Å². The molecule has 0 spiro atoms. The SMILES string of the molecule is O=C(O)C(F)(F)F.O=C(O)CC(NC(=O)[C@H](Cc1c[nH]cn1)NC(=O)CCCNc1ccccn1)c1ccc(-c2ccccc2)cc1. The number of nitrogens with one attached hydrogen (secondary N) is 4. The Kier molecular flexibility index (Phi) is 13.4. The van der Waals surface area contributed by atoms with E-state index >= 15 is 0 Å². The van der Waals surface area contributed by atoms with Gasteiger partial charge in [-0.15, -0.1) is 0 Å². The number of hydrogen-bond donors (Lipinski definition) is 6. The van der Waals surface area contributed by atoms with Crippen molar-refractivity contribution in [3.05, 3.63) is 103 Å². The fourth-order valence-corrected chi connectivity index (χ4v) is 4.26. The summed E-state index contributed by atoms with van der Waals surface area (Å²) in [6, 6.07) is 21.0. The molecule has 1 unspecified atom stereocenters. The number of aromatic amines is 1. The molecule has 47 heavy (non-hydrogen) atoms. The summed E-state index contributed by atoms with van der Waals surface area (Å²) in [7, 11) is 0. The van der Waals surface area contributed by atoms with Crippen LogP contribution in [0.4, 0.5) is 19.0 Å². The van der Waals surface area contributed by atoms with Crippen molar-refractivity contribution in [2.75, 3.05) is 11.9 Å². The van der Waals surface area contributed by atoms with Gasteiger partial charge in [0, 0.05) is 31.8 Å². The van der Waals surface area contributed by atoms with Crippen molar-refractivity contribution in [2.24, 2.45) is 0 Å². The summed E-state index contributed by atoms with van der Waals surface area (Å²) in [5.41, 5.74) is 3.26. The van der Waals surface area contributed by atoms with Gasteiger partial charge < -0.3 is 31.1 Å². The predicted octanol–water partition coefficient (Wildman–Crippen LogP) is 4.36. The zero-order valence-electron chi connectivity index (χ0n) is 24.9. The molecule has 0 saturated carbocycles. The van der Waals surface area contributed by atoms with E-state index in [-0.39, 0.29) is 25.2 Å². The van der Waals surface area contributed by atoms with E-state index in [4.69, 9.17) is 9.90 Å². The number of carboxylic acid groups (broad SMARTS) is 2. The Labute approximate surface area is 267 Å². The third-order valence-electron chi connectivity index (χ3n) is 6.53. The summed E-state index contributed by atoms with van der Waals surface area (Å²) in [6.45, 7) is 0.542. The van der Waals surface area contributed by atoms with E-state index in [1.54, 1.807) is 12.4 Å². The van der Waals surface area contributed by atoms with E-state index in [0.29, 0.717) is 24.2 Å². The highest BCUT2D eigenvalue weighted by atomic mass is 19.4. The van der Waals surface area contributed by atoms with Gasteiger partial charge in [0.2, 0.25) is 11.8 Å². The molecule has 0 aliphatic rings. The highest BCUT2D eigenvalue weighted by Crippen LogP contribution is 2.24. The van der Waals surface area contributed by atoms with E-state index in [1.807, 2.05) is 72.8 Å². The summed E-state index contributed by atoms with van der Waals surface area (Å²) in [6.07, 6.45) is 0.330. The van der Waals surface area contributed by atoms with E-state index in [9.17, 15) is 32.7 Å². The molecule has 2 aromatic carbocycles. The lowest BCUT2D eigenvalue weighted by Crippen LogP contribution is -2.49. The second-order valence-electron chi connectivity index (χ2n) is 10.1. The average molecular weight is 655 g/mol. The molecule has 2 heterocycles. The Balaban J connectivity index is 0.000000771. The number of nitrogens with zero attached hydrogens (tertiary/aromatic N) is 2. The van der Waals surface area contributed by atoms with Crippen molar-refractivity contribution < 1.29 is 42.6 Å². The van der Waals surface area contributed by atoms with Crippen LogP contribution in [-0.4, -0.2) is 67.7 Å². The van der Waals surface area contributed by atoms with Gasteiger partial charge in [0.15, 0.2) is 0 Å². The van der Waals surface area contributed by atoms with E-state index in [0.717, 1.165) is 16.9 Å². The van der Waals surface area contributed by atoms with Crippen molar-refractivity contribution >= 4 is 29.6 Å². The van der Waals surface area contributed by atoms with Crippen LogP contribution >= 0.6 is 0 Å². The lowest BCUT2D eigenvalue weighted by Gasteiger charge is -2.23. The van der Waals surface area contributed by atoms with Crippen LogP contribution in [0.25, 0.3) is 11.1 Å². The monoisotopic (exact) mass is 654 g/mol. The van der Waals surface area contributed by atoms with E-state index in [2.05, 4.69) is 30.9 Å².